The second-order valence-electron chi connectivity index (χ2n) is 5.46. The molecule has 5 nitrogen and oxygen atoms in total. The SMILES string of the molecule is CC(C)c1cc(OCC(C)(C)c2c[nH]oc2=O)ns1. The van der Waals surface area contributed by atoms with E-state index < -0.39 is 5.41 Å². The van der Waals surface area contributed by atoms with Crippen molar-refractivity contribution in [3.63, 3.8) is 0 Å². The minimum Gasteiger partial charge on any atom is -0.476 e. The molecule has 6 heteroatoms. The summed E-state index contributed by atoms with van der Waals surface area (Å²) in [7, 11) is 0. The van der Waals surface area contributed by atoms with Crippen molar-refractivity contribution in [2.45, 2.75) is 39.0 Å². The number of nitrogens with one attached hydrogen (secondary N) is 1. The molecule has 0 amide bonds. The van der Waals surface area contributed by atoms with Crippen molar-refractivity contribution in [3.8, 4) is 5.88 Å². The fraction of sp³-hybridized carbons (Fsp3) is 0.538. The number of aromatic amines is 1. The van der Waals surface area contributed by atoms with Crippen LogP contribution in [0.3, 0.4) is 0 Å². The quantitative estimate of drug-likeness (QED) is 0.915. The summed E-state index contributed by atoms with van der Waals surface area (Å²) in [4.78, 5) is 12.7. The van der Waals surface area contributed by atoms with E-state index in [1.54, 1.807) is 6.20 Å². The van der Waals surface area contributed by atoms with Gasteiger partial charge in [0.15, 0.2) is 0 Å². The molecule has 2 aromatic heterocycles. The lowest BCUT2D eigenvalue weighted by Crippen LogP contribution is -2.30. The molecule has 104 valence electrons. The fourth-order valence-electron chi connectivity index (χ4n) is 1.67. The Hall–Kier alpha value is -1.56. The highest BCUT2D eigenvalue weighted by Crippen LogP contribution is 2.26. The van der Waals surface area contributed by atoms with Gasteiger partial charge in [-0.1, -0.05) is 27.7 Å². The highest BCUT2D eigenvalue weighted by atomic mass is 32.1. The van der Waals surface area contributed by atoms with Crippen molar-refractivity contribution < 1.29 is 9.26 Å². The van der Waals surface area contributed by atoms with Gasteiger partial charge in [-0.05, 0) is 17.5 Å². The predicted octanol–water partition coefficient (Wildman–Crippen LogP) is 2.90. The van der Waals surface area contributed by atoms with E-state index in [1.807, 2.05) is 19.9 Å². The molecule has 0 aromatic carbocycles. The molecule has 0 atom stereocenters. The maximum Gasteiger partial charge on any atom is 0.361 e. The molecule has 2 rings (SSSR count). The molecular formula is C13H18N2O3S. The van der Waals surface area contributed by atoms with Crippen LogP contribution in [0.4, 0.5) is 0 Å². The number of H-pyrrole nitrogens is 1. The molecule has 2 heterocycles. The number of hydrogen-bond acceptors (Lipinski definition) is 5. The number of hydrogen-bond donors (Lipinski definition) is 1. The van der Waals surface area contributed by atoms with Gasteiger partial charge >= 0.3 is 5.63 Å². The molecule has 0 radical (unpaired) electrons. The number of ether oxygens (including phenoxy) is 1. The van der Waals surface area contributed by atoms with Crippen LogP contribution >= 0.6 is 11.5 Å². The van der Waals surface area contributed by atoms with Crippen LogP contribution in [0.25, 0.3) is 0 Å². The predicted molar refractivity (Wildman–Crippen MR) is 74.1 cm³/mol. The second kappa shape index (κ2) is 5.21. The van der Waals surface area contributed by atoms with Gasteiger partial charge in [-0.25, -0.2) is 9.95 Å². The highest BCUT2D eigenvalue weighted by Gasteiger charge is 2.27. The topological polar surface area (TPSA) is 68.1 Å². The third-order valence-corrected chi connectivity index (χ3v) is 4.03. The lowest BCUT2D eigenvalue weighted by atomic mass is 9.88. The van der Waals surface area contributed by atoms with Crippen LogP contribution in [0.1, 0.15) is 44.1 Å². The zero-order chi connectivity index (χ0) is 14.0. The molecule has 0 bridgehead atoms. The first-order valence-corrected chi connectivity index (χ1v) is 6.94. The Balaban J connectivity index is 2.05. The van der Waals surface area contributed by atoms with Gasteiger partial charge in [-0.3, -0.25) is 0 Å². The Morgan fingerprint density at radius 1 is 1.53 bits per heavy atom. The van der Waals surface area contributed by atoms with Crippen LogP contribution in [0.15, 0.2) is 21.6 Å². The Labute approximate surface area is 115 Å². The van der Waals surface area contributed by atoms with Gasteiger partial charge in [0.25, 0.3) is 0 Å². The molecule has 0 saturated heterocycles. The lowest BCUT2D eigenvalue weighted by molar-refractivity contribution is 0.232. The Bertz CT molecular complexity index is 595. The smallest absolute Gasteiger partial charge is 0.361 e. The average molecular weight is 282 g/mol. The standard InChI is InChI=1S/C13H18N2O3S/c1-8(2)10-5-11(15-19-10)17-7-13(3,4)9-6-14-18-12(9)16/h5-6,8,14H,7H2,1-4H3. The Morgan fingerprint density at radius 2 is 2.26 bits per heavy atom. The summed E-state index contributed by atoms with van der Waals surface area (Å²) in [5.41, 5.74) is -0.205. The zero-order valence-electron chi connectivity index (χ0n) is 11.5. The highest BCUT2D eigenvalue weighted by molar-refractivity contribution is 7.06. The van der Waals surface area contributed by atoms with E-state index in [2.05, 4.69) is 27.9 Å². The van der Waals surface area contributed by atoms with Crippen LogP contribution in [-0.4, -0.2) is 16.1 Å². The first-order valence-electron chi connectivity index (χ1n) is 6.17. The third-order valence-electron chi connectivity index (χ3n) is 2.96. The normalized spacial score (nSPS) is 12.1. The molecule has 2 aromatic rings. The van der Waals surface area contributed by atoms with Crippen molar-refractivity contribution in [2.24, 2.45) is 0 Å². The van der Waals surface area contributed by atoms with E-state index in [-0.39, 0.29) is 5.63 Å². The molecule has 19 heavy (non-hydrogen) atoms. The van der Waals surface area contributed by atoms with Gasteiger partial charge in [0.1, 0.15) is 0 Å². The molecule has 0 aliphatic heterocycles. The monoisotopic (exact) mass is 282 g/mol. The van der Waals surface area contributed by atoms with E-state index in [1.165, 1.54) is 16.4 Å². The molecule has 0 unspecified atom stereocenters. The summed E-state index contributed by atoms with van der Waals surface area (Å²) in [6, 6.07) is 1.95. The summed E-state index contributed by atoms with van der Waals surface area (Å²) >= 11 is 1.45. The summed E-state index contributed by atoms with van der Waals surface area (Å²) in [5.74, 6) is 1.06. The van der Waals surface area contributed by atoms with Crippen LogP contribution in [0, 0.1) is 0 Å². The van der Waals surface area contributed by atoms with Crippen LogP contribution in [-0.2, 0) is 5.41 Å². The average Bonchev–Trinajstić information content (AvgIpc) is 2.95. The van der Waals surface area contributed by atoms with Crippen molar-refractivity contribution in [2.75, 3.05) is 6.61 Å². The van der Waals surface area contributed by atoms with E-state index in [0.717, 1.165) is 0 Å². The Morgan fingerprint density at radius 3 is 2.79 bits per heavy atom. The molecule has 0 aliphatic rings. The van der Waals surface area contributed by atoms with Crippen LogP contribution in [0.5, 0.6) is 5.88 Å². The maximum absolute atomic E-state index is 11.5. The fourth-order valence-corrected chi connectivity index (χ4v) is 2.34. The molecular weight excluding hydrogens is 264 g/mol. The van der Waals surface area contributed by atoms with Crippen LogP contribution in [0.2, 0.25) is 0 Å². The molecule has 0 spiro atoms. The van der Waals surface area contributed by atoms with Crippen molar-refractivity contribution >= 4 is 11.5 Å². The Kier molecular flexibility index (Phi) is 3.80. The third kappa shape index (κ3) is 3.07. The van der Waals surface area contributed by atoms with Gasteiger partial charge in [0, 0.05) is 22.6 Å². The maximum atomic E-state index is 11.5. The van der Waals surface area contributed by atoms with E-state index in [9.17, 15) is 4.79 Å². The first kappa shape index (κ1) is 13.9. The first-order chi connectivity index (χ1) is 8.90. The van der Waals surface area contributed by atoms with Gasteiger partial charge < -0.3 is 9.26 Å². The molecule has 0 aliphatic carbocycles. The largest absolute Gasteiger partial charge is 0.476 e. The molecule has 0 saturated carbocycles. The number of aromatic nitrogens is 2. The zero-order valence-corrected chi connectivity index (χ0v) is 12.3. The van der Waals surface area contributed by atoms with E-state index >= 15 is 0 Å². The summed E-state index contributed by atoms with van der Waals surface area (Å²) in [6.07, 6.45) is 1.58. The van der Waals surface area contributed by atoms with Gasteiger partial charge in [-0.2, -0.15) is 4.37 Å². The summed E-state index contributed by atoms with van der Waals surface area (Å²) in [5, 5.41) is 2.46. The van der Waals surface area contributed by atoms with E-state index in [4.69, 9.17) is 4.74 Å². The summed E-state index contributed by atoms with van der Waals surface area (Å²) < 4.78 is 14.6. The number of rotatable bonds is 5. The van der Waals surface area contributed by atoms with Gasteiger partial charge in [0.05, 0.1) is 12.2 Å². The summed E-state index contributed by atoms with van der Waals surface area (Å²) in [6.45, 7) is 8.47. The second-order valence-corrected chi connectivity index (χ2v) is 6.30. The van der Waals surface area contributed by atoms with E-state index in [0.29, 0.717) is 24.0 Å². The number of nitrogens with zero attached hydrogens (tertiary/aromatic N) is 1. The van der Waals surface area contributed by atoms with Crippen molar-refractivity contribution in [1.29, 1.82) is 0 Å². The molecule has 1 N–H and O–H groups in total. The molecule has 0 fully saturated rings. The lowest BCUT2D eigenvalue weighted by Gasteiger charge is -2.21. The van der Waals surface area contributed by atoms with Crippen LogP contribution < -0.4 is 10.4 Å². The van der Waals surface area contributed by atoms with Gasteiger partial charge in [0.2, 0.25) is 5.88 Å². The minimum atomic E-state index is -0.428. The van der Waals surface area contributed by atoms with Crippen molar-refractivity contribution in [1.82, 2.24) is 9.53 Å². The minimum absolute atomic E-state index is 0.352. The van der Waals surface area contributed by atoms with Gasteiger partial charge in [-0.15, -0.1) is 0 Å². The van der Waals surface area contributed by atoms with Crippen molar-refractivity contribution in [3.05, 3.63) is 33.1 Å².